The van der Waals surface area contributed by atoms with E-state index in [-0.39, 0.29) is 24.3 Å². The van der Waals surface area contributed by atoms with Crippen LogP contribution in [-0.2, 0) is 23.0 Å². The van der Waals surface area contributed by atoms with E-state index in [2.05, 4.69) is 25.9 Å². The van der Waals surface area contributed by atoms with Gasteiger partial charge >= 0.3 is 12.3 Å². The lowest BCUT2D eigenvalue weighted by Gasteiger charge is -2.13. The maximum Gasteiger partial charge on any atom is 0.407 e. The van der Waals surface area contributed by atoms with Crippen LogP contribution in [0.5, 0.6) is 0 Å². The van der Waals surface area contributed by atoms with Crippen molar-refractivity contribution in [2.45, 2.75) is 50.3 Å². The summed E-state index contributed by atoms with van der Waals surface area (Å²) in [6, 6.07) is 1.73. The molecule has 0 bridgehead atoms. The Balaban J connectivity index is 1.42. The Kier molecular flexibility index (Phi) is 6.63. The van der Waals surface area contributed by atoms with Crippen LogP contribution >= 0.6 is 0 Å². The van der Waals surface area contributed by atoms with Gasteiger partial charge in [-0.1, -0.05) is 0 Å². The number of aryl methyl sites for hydroxylation is 1. The lowest BCUT2D eigenvalue weighted by molar-refractivity contribution is -0.133. The number of alkyl halides is 3. The minimum atomic E-state index is -4.32. The van der Waals surface area contributed by atoms with E-state index in [0.29, 0.717) is 18.7 Å². The van der Waals surface area contributed by atoms with E-state index < -0.39 is 25.2 Å². The summed E-state index contributed by atoms with van der Waals surface area (Å²) in [7, 11) is 1.77. The van der Waals surface area contributed by atoms with Crippen LogP contribution in [0, 0.1) is 0 Å². The molecule has 0 aliphatic heterocycles. The molecule has 1 fully saturated rings. The Bertz CT molecular complexity index is 879. The van der Waals surface area contributed by atoms with E-state index in [1.165, 1.54) is 0 Å². The lowest BCUT2D eigenvalue weighted by Crippen LogP contribution is -2.31. The van der Waals surface area contributed by atoms with E-state index in [9.17, 15) is 22.8 Å². The van der Waals surface area contributed by atoms with E-state index in [1.54, 1.807) is 30.2 Å². The van der Waals surface area contributed by atoms with Crippen LogP contribution in [0.1, 0.15) is 42.9 Å². The van der Waals surface area contributed by atoms with Crippen LogP contribution < -0.4 is 10.6 Å². The molecule has 0 radical (unpaired) electrons. The van der Waals surface area contributed by atoms with Crippen molar-refractivity contribution in [3.05, 3.63) is 29.7 Å². The fourth-order valence-electron chi connectivity index (χ4n) is 3.37. The average molecular weight is 428 g/mol. The molecule has 0 saturated heterocycles. The number of nitrogens with zero attached hydrogens (tertiary/aromatic N) is 3. The number of rotatable bonds is 7. The Morgan fingerprint density at radius 3 is 2.87 bits per heavy atom. The summed E-state index contributed by atoms with van der Waals surface area (Å²) in [6.45, 7) is -0.513. The average Bonchev–Trinajstić information content (AvgIpc) is 3.35. The van der Waals surface area contributed by atoms with Gasteiger partial charge in [0.2, 0.25) is 5.91 Å². The van der Waals surface area contributed by atoms with Crippen LogP contribution in [-0.4, -0.2) is 50.8 Å². The van der Waals surface area contributed by atoms with E-state index >= 15 is 0 Å². The number of alkyl carbamates (subject to hydrolysis) is 1. The zero-order valence-corrected chi connectivity index (χ0v) is 16.3. The number of ether oxygens (including phenoxy) is 1. The highest BCUT2D eigenvalue weighted by Crippen LogP contribution is 2.35. The van der Waals surface area contributed by atoms with E-state index in [0.717, 1.165) is 17.7 Å². The summed E-state index contributed by atoms with van der Waals surface area (Å²) in [5.74, 6) is 0.229. The third-order valence-corrected chi connectivity index (χ3v) is 4.76. The molecular formula is C18H23F3N6O3. The molecule has 164 valence electrons. The second-order valence-electron chi connectivity index (χ2n) is 7.28. The summed E-state index contributed by atoms with van der Waals surface area (Å²) >= 11 is 0. The fraction of sp³-hybridized carbons (Fsp3) is 0.556. The number of aromatic nitrogens is 4. The zero-order chi connectivity index (χ0) is 21.7. The highest BCUT2D eigenvalue weighted by molar-refractivity contribution is 5.91. The molecule has 12 heteroatoms. The van der Waals surface area contributed by atoms with Gasteiger partial charge in [0.15, 0.2) is 5.82 Å². The zero-order valence-electron chi connectivity index (χ0n) is 16.3. The first-order valence-corrected chi connectivity index (χ1v) is 9.52. The molecule has 2 atom stereocenters. The Morgan fingerprint density at radius 1 is 1.37 bits per heavy atom. The molecule has 0 spiro atoms. The number of hydrogen-bond acceptors (Lipinski definition) is 5. The molecule has 1 aliphatic rings. The Morgan fingerprint density at radius 2 is 2.17 bits per heavy atom. The number of hydrogen-bond donors (Lipinski definition) is 3. The first kappa shape index (κ1) is 21.7. The van der Waals surface area contributed by atoms with Crippen molar-refractivity contribution < 1.29 is 27.5 Å². The monoisotopic (exact) mass is 428 g/mol. The number of nitrogens with one attached hydrogen (secondary N) is 3. The predicted octanol–water partition coefficient (Wildman–Crippen LogP) is 2.64. The third kappa shape index (κ3) is 6.49. The molecule has 1 aliphatic carbocycles. The van der Waals surface area contributed by atoms with Gasteiger partial charge in [0.05, 0.1) is 19.0 Å². The van der Waals surface area contributed by atoms with Crippen molar-refractivity contribution >= 4 is 17.8 Å². The van der Waals surface area contributed by atoms with Gasteiger partial charge in [0, 0.05) is 37.5 Å². The van der Waals surface area contributed by atoms with E-state index in [4.69, 9.17) is 4.74 Å². The van der Waals surface area contributed by atoms with Gasteiger partial charge < -0.3 is 15.4 Å². The summed E-state index contributed by atoms with van der Waals surface area (Å²) < 4.78 is 43.1. The molecule has 3 N–H and O–H groups in total. The standard InChI is InChI=1S/C18H23F3N6O3/c1-27-10-11(9-23-27)6-16(28)24-15-8-14(25-26-15)12-2-3-13(7-12)30-17(29)22-5-4-18(19,20)21/h8-10,12-13H,2-7H2,1H3,(H,22,29)(H2,24,25,26,28)/t12-,13+/m0/s1. The van der Waals surface area contributed by atoms with Gasteiger partial charge in [-0.15, -0.1) is 0 Å². The molecule has 30 heavy (non-hydrogen) atoms. The molecule has 2 aromatic rings. The number of carbonyl (C=O) groups is 2. The van der Waals surface area contributed by atoms with Crippen molar-refractivity contribution in [1.29, 1.82) is 0 Å². The topological polar surface area (TPSA) is 114 Å². The first-order valence-electron chi connectivity index (χ1n) is 9.52. The molecule has 1 saturated carbocycles. The molecule has 2 heterocycles. The number of amides is 2. The molecule has 2 amide bonds. The smallest absolute Gasteiger partial charge is 0.407 e. The molecule has 0 unspecified atom stereocenters. The third-order valence-electron chi connectivity index (χ3n) is 4.76. The summed E-state index contributed by atoms with van der Waals surface area (Å²) in [5, 5.41) is 15.8. The molecular weight excluding hydrogens is 405 g/mol. The number of carbonyl (C=O) groups excluding carboxylic acids is 2. The van der Waals surface area contributed by atoms with Crippen molar-refractivity contribution in [3.63, 3.8) is 0 Å². The fourth-order valence-corrected chi connectivity index (χ4v) is 3.37. The number of halogens is 3. The lowest BCUT2D eigenvalue weighted by atomic mass is 10.0. The SMILES string of the molecule is Cn1cc(CC(=O)Nc2cc([C@H]3CC[C@@H](OC(=O)NCCC(F)(F)F)C3)[nH]n2)cn1. The normalized spacial score (nSPS) is 18.9. The van der Waals surface area contributed by atoms with Gasteiger partial charge in [0.1, 0.15) is 6.10 Å². The molecule has 2 aromatic heterocycles. The van der Waals surface area contributed by atoms with Gasteiger partial charge in [-0.25, -0.2) is 4.79 Å². The van der Waals surface area contributed by atoms with Crippen LogP contribution in [0.15, 0.2) is 18.5 Å². The number of anilines is 1. The highest BCUT2D eigenvalue weighted by atomic mass is 19.4. The number of aromatic amines is 1. The Labute approximate surface area is 170 Å². The highest BCUT2D eigenvalue weighted by Gasteiger charge is 2.31. The molecule has 0 aromatic carbocycles. The van der Waals surface area contributed by atoms with Crippen molar-refractivity contribution in [2.24, 2.45) is 7.05 Å². The summed E-state index contributed by atoms with van der Waals surface area (Å²) in [4.78, 5) is 23.7. The maximum atomic E-state index is 12.1. The van der Waals surface area contributed by atoms with Crippen LogP contribution in [0.2, 0.25) is 0 Å². The quantitative estimate of drug-likeness (QED) is 0.627. The van der Waals surface area contributed by atoms with Gasteiger partial charge in [-0.3, -0.25) is 14.6 Å². The minimum absolute atomic E-state index is 0.0504. The summed E-state index contributed by atoms with van der Waals surface area (Å²) in [5.41, 5.74) is 1.59. The van der Waals surface area contributed by atoms with Crippen molar-refractivity contribution in [2.75, 3.05) is 11.9 Å². The predicted molar refractivity (Wildman–Crippen MR) is 99.7 cm³/mol. The first-order chi connectivity index (χ1) is 14.2. The van der Waals surface area contributed by atoms with Crippen LogP contribution in [0.3, 0.4) is 0 Å². The van der Waals surface area contributed by atoms with Crippen molar-refractivity contribution in [3.8, 4) is 0 Å². The van der Waals surface area contributed by atoms with Crippen LogP contribution in [0.25, 0.3) is 0 Å². The van der Waals surface area contributed by atoms with Crippen LogP contribution in [0.4, 0.5) is 23.8 Å². The summed E-state index contributed by atoms with van der Waals surface area (Å²) in [6.07, 6.45) is -1.25. The van der Waals surface area contributed by atoms with Gasteiger partial charge in [0.25, 0.3) is 0 Å². The maximum absolute atomic E-state index is 12.1. The van der Waals surface area contributed by atoms with E-state index in [1.807, 2.05) is 0 Å². The minimum Gasteiger partial charge on any atom is -0.446 e. The largest absolute Gasteiger partial charge is 0.446 e. The van der Waals surface area contributed by atoms with Gasteiger partial charge in [-0.05, 0) is 24.8 Å². The Hall–Kier alpha value is -3.05. The second kappa shape index (κ2) is 9.18. The van der Waals surface area contributed by atoms with Crippen molar-refractivity contribution in [1.82, 2.24) is 25.3 Å². The van der Waals surface area contributed by atoms with Gasteiger partial charge in [-0.2, -0.15) is 23.4 Å². The number of H-pyrrole nitrogens is 1. The molecule has 9 nitrogen and oxygen atoms in total. The molecule has 3 rings (SSSR count). The second-order valence-corrected chi connectivity index (χ2v) is 7.28.